The number of nitrogens with zero attached hydrogens (tertiary/aromatic N) is 1. The van der Waals surface area contributed by atoms with Gasteiger partial charge in [-0.05, 0) is 36.1 Å². The highest BCUT2D eigenvalue weighted by molar-refractivity contribution is 5.98. The Kier molecular flexibility index (Phi) is 7.53. The minimum Gasteiger partial charge on any atom is -0.347 e. The van der Waals surface area contributed by atoms with E-state index in [2.05, 4.69) is 24.5 Å². The summed E-state index contributed by atoms with van der Waals surface area (Å²) in [5.74, 6) is -0.563. The van der Waals surface area contributed by atoms with Crippen molar-refractivity contribution in [1.29, 1.82) is 0 Å². The van der Waals surface area contributed by atoms with E-state index in [1.54, 1.807) is 7.05 Å². The normalized spacial score (nSPS) is 11.7. The smallest absolute Gasteiger partial charge is 0.251 e. The van der Waals surface area contributed by atoms with E-state index in [9.17, 15) is 14.4 Å². The molecule has 0 aliphatic carbocycles. The molecule has 0 aromatic heterocycles. The van der Waals surface area contributed by atoms with E-state index in [4.69, 9.17) is 0 Å². The first-order valence-electron chi connectivity index (χ1n) is 9.66. The predicted octanol–water partition coefficient (Wildman–Crippen LogP) is 3.39. The zero-order chi connectivity index (χ0) is 21.6. The van der Waals surface area contributed by atoms with Gasteiger partial charge in [-0.25, -0.2) is 0 Å². The summed E-state index contributed by atoms with van der Waals surface area (Å²) in [7, 11) is 1.57. The number of hydrogen-bond donors (Lipinski definition) is 2. The Hall–Kier alpha value is -3.15. The number of rotatable bonds is 7. The molecule has 6 heteroatoms. The van der Waals surface area contributed by atoms with Crippen LogP contribution in [0.25, 0.3) is 0 Å². The van der Waals surface area contributed by atoms with Crippen LogP contribution in [0, 0.1) is 6.92 Å². The van der Waals surface area contributed by atoms with Crippen molar-refractivity contribution in [3.05, 3.63) is 65.2 Å². The average molecular weight is 396 g/mol. The molecule has 2 N–H and O–H groups in total. The number of anilines is 1. The van der Waals surface area contributed by atoms with E-state index in [1.165, 1.54) is 17.4 Å². The van der Waals surface area contributed by atoms with Crippen LogP contribution in [0.15, 0.2) is 48.5 Å². The number of nitrogens with one attached hydrogen (secondary N) is 2. The first kappa shape index (κ1) is 22.1. The van der Waals surface area contributed by atoms with Gasteiger partial charge in [-0.15, -0.1) is 0 Å². The van der Waals surface area contributed by atoms with Crippen LogP contribution in [-0.4, -0.2) is 36.2 Å². The van der Waals surface area contributed by atoms with Crippen molar-refractivity contribution >= 4 is 23.4 Å². The number of hydrogen-bond acceptors (Lipinski definition) is 3. The molecule has 2 aromatic carbocycles. The lowest BCUT2D eigenvalue weighted by atomic mass is 10.0. The number of aryl methyl sites for hydroxylation is 1. The first-order chi connectivity index (χ1) is 13.7. The standard InChI is InChI=1S/C23H29N3O3/c1-15(2)18-10-12-20(13-11-18)25-23(29)22(19-8-6-16(3)7-9-19)26(5)21(28)14-24-17(4)27/h6-13,15,22H,14H2,1-5H3,(H,24,27)(H,25,29). The summed E-state index contributed by atoms with van der Waals surface area (Å²) >= 11 is 0. The Morgan fingerprint density at radius 3 is 2.00 bits per heavy atom. The summed E-state index contributed by atoms with van der Waals surface area (Å²) in [4.78, 5) is 38.1. The van der Waals surface area contributed by atoms with Gasteiger partial charge >= 0.3 is 0 Å². The molecular weight excluding hydrogens is 366 g/mol. The van der Waals surface area contributed by atoms with Gasteiger partial charge in [0.15, 0.2) is 0 Å². The van der Waals surface area contributed by atoms with Crippen molar-refractivity contribution in [2.24, 2.45) is 0 Å². The Bertz CT molecular complexity index is 858. The van der Waals surface area contributed by atoms with Crippen molar-refractivity contribution in [2.45, 2.75) is 39.7 Å². The molecule has 0 aliphatic rings. The molecule has 1 atom stereocenters. The van der Waals surface area contributed by atoms with Gasteiger partial charge in [0.25, 0.3) is 5.91 Å². The molecule has 154 valence electrons. The SMILES string of the molecule is CC(=O)NCC(=O)N(C)C(C(=O)Nc1ccc(C(C)C)cc1)c1ccc(C)cc1. The van der Waals surface area contributed by atoms with Crippen molar-refractivity contribution in [2.75, 3.05) is 18.9 Å². The maximum atomic E-state index is 13.1. The third-order valence-corrected chi connectivity index (χ3v) is 4.76. The molecule has 0 radical (unpaired) electrons. The summed E-state index contributed by atoms with van der Waals surface area (Å²) in [5, 5.41) is 5.39. The lowest BCUT2D eigenvalue weighted by molar-refractivity contribution is -0.137. The fraction of sp³-hybridized carbons (Fsp3) is 0.348. The van der Waals surface area contributed by atoms with Crippen LogP contribution in [0.2, 0.25) is 0 Å². The molecule has 2 aromatic rings. The maximum absolute atomic E-state index is 13.1. The topological polar surface area (TPSA) is 78.5 Å². The van der Waals surface area contributed by atoms with Crippen LogP contribution in [-0.2, 0) is 14.4 Å². The number of likely N-dealkylation sites (N-methyl/N-ethyl adjacent to an activating group) is 1. The highest BCUT2D eigenvalue weighted by atomic mass is 16.2. The predicted molar refractivity (Wildman–Crippen MR) is 115 cm³/mol. The van der Waals surface area contributed by atoms with E-state index in [-0.39, 0.29) is 24.3 Å². The van der Waals surface area contributed by atoms with Crippen molar-refractivity contribution < 1.29 is 14.4 Å². The summed E-state index contributed by atoms with van der Waals surface area (Å²) in [5.41, 5.74) is 3.61. The number of carbonyl (C=O) groups excluding carboxylic acids is 3. The zero-order valence-corrected chi connectivity index (χ0v) is 17.7. The van der Waals surface area contributed by atoms with Crippen LogP contribution in [0.3, 0.4) is 0 Å². The number of benzene rings is 2. The summed E-state index contributed by atoms with van der Waals surface area (Å²) in [6, 6.07) is 14.3. The van der Waals surface area contributed by atoms with Gasteiger partial charge < -0.3 is 15.5 Å². The van der Waals surface area contributed by atoms with Crippen molar-refractivity contribution in [1.82, 2.24) is 10.2 Å². The van der Waals surface area contributed by atoms with E-state index >= 15 is 0 Å². The molecule has 1 unspecified atom stereocenters. The van der Waals surface area contributed by atoms with Crippen LogP contribution in [0.1, 0.15) is 49.4 Å². The minimum atomic E-state index is -0.818. The molecule has 3 amide bonds. The van der Waals surface area contributed by atoms with Gasteiger partial charge in [0, 0.05) is 19.7 Å². The second-order valence-electron chi connectivity index (χ2n) is 7.49. The second kappa shape index (κ2) is 9.87. The van der Waals surface area contributed by atoms with E-state index in [0.717, 1.165) is 5.56 Å². The largest absolute Gasteiger partial charge is 0.347 e. The summed E-state index contributed by atoms with van der Waals surface area (Å²) < 4.78 is 0. The lowest BCUT2D eigenvalue weighted by Crippen LogP contribution is -2.43. The quantitative estimate of drug-likeness (QED) is 0.754. The molecule has 0 heterocycles. The zero-order valence-electron chi connectivity index (χ0n) is 17.7. The molecule has 0 fully saturated rings. The third-order valence-electron chi connectivity index (χ3n) is 4.76. The van der Waals surface area contributed by atoms with Crippen LogP contribution < -0.4 is 10.6 Å². The molecule has 2 rings (SSSR count). The Labute approximate surface area is 172 Å². The average Bonchev–Trinajstić information content (AvgIpc) is 2.68. The van der Waals surface area contributed by atoms with Gasteiger partial charge in [0.05, 0.1) is 6.54 Å². The molecular formula is C23H29N3O3. The van der Waals surface area contributed by atoms with Crippen LogP contribution >= 0.6 is 0 Å². The Morgan fingerprint density at radius 2 is 1.48 bits per heavy atom. The van der Waals surface area contributed by atoms with Gasteiger partial charge in [0.1, 0.15) is 6.04 Å². The Morgan fingerprint density at radius 1 is 0.931 bits per heavy atom. The summed E-state index contributed by atoms with van der Waals surface area (Å²) in [6.45, 7) is 7.36. The highest BCUT2D eigenvalue weighted by Gasteiger charge is 2.28. The molecule has 6 nitrogen and oxygen atoms in total. The van der Waals surface area contributed by atoms with Gasteiger partial charge in [-0.2, -0.15) is 0 Å². The molecule has 0 aliphatic heterocycles. The van der Waals surface area contributed by atoms with Crippen molar-refractivity contribution in [3.63, 3.8) is 0 Å². The first-order valence-corrected chi connectivity index (χ1v) is 9.66. The van der Waals surface area contributed by atoms with E-state index in [1.807, 2.05) is 55.5 Å². The second-order valence-corrected chi connectivity index (χ2v) is 7.49. The fourth-order valence-corrected chi connectivity index (χ4v) is 2.93. The van der Waals surface area contributed by atoms with Crippen LogP contribution in [0.5, 0.6) is 0 Å². The molecule has 29 heavy (non-hydrogen) atoms. The monoisotopic (exact) mass is 395 g/mol. The molecule has 0 spiro atoms. The Balaban J connectivity index is 2.25. The number of carbonyl (C=O) groups is 3. The molecule has 0 bridgehead atoms. The van der Waals surface area contributed by atoms with Crippen LogP contribution in [0.4, 0.5) is 5.69 Å². The van der Waals surface area contributed by atoms with Gasteiger partial charge in [-0.1, -0.05) is 55.8 Å². The third kappa shape index (κ3) is 6.17. The van der Waals surface area contributed by atoms with E-state index in [0.29, 0.717) is 17.2 Å². The van der Waals surface area contributed by atoms with Gasteiger partial charge in [-0.3, -0.25) is 14.4 Å². The van der Waals surface area contributed by atoms with E-state index < -0.39 is 6.04 Å². The number of amides is 3. The molecule has 0 saturated carbocycles. The fourth-order valence-electron chi connectivity index (χ4n) is 2.93. The maximum Gasteiger partial charge on any atom is 0.251 e. The van der Waals surface area contributed by atoms with Crippen molar-refractivity contribution in [3.8, 4) is 0 Å². The summed E-state index contributed by atoms with van der Waals surface area (Å²) in [6.07, 6.45) is 0. The minimum absolute atomic E-state index is 0.162. The molecule has 0 saturated heterocycles. The lowest BCUT2D eigenvalue weighted by Gasteiger charge is -2.28. The van der Waals surface area contributed by atoms with Gasteiger partial charge in [0.2, 0.25) is 11.8 Å². The highest BCUT2D eigenvalue weighted by Crippen LogP contribution is 2.23.